The number of nitrogens with zero attached hydrogens (tertiary/aromatic N) is 4. The van der Waals surface area contributed by atoms with Crippen LogP contribution >= 0.6 is 11.3 Å². The first-order chi connectivity index (χ1) is 11.2. The van der Waals surface area contributed by atoms with Gasteiger partial charge in [0, 0.05) is 23.7 Å². The van der Waals surface area contributed by atoms with Crippen LogP contribution in [0.5, 0.6) is 0 Å². The zero-order valence-corrected chi connectivity index (χ0v) is 13.2. The van der Waals surface area contributed by atoms with Crippen LogP contribution in [-0.2, 0) is 0 Å². The minimum absolute atomic E-state index is 0.235. The van der Waals surface area contributed by atoms with Crippen LogP contribution in [0.15, 0.2) is 29.1 Å². The summed E-state index contributed by atoms with van der Waals surface area (Å²) < 4.78 is 1.35. The molecule has 3 heterocycles. The molecule has 1 aromatic carbocycles. The van der Waals surface area contributed by atoms with Gasteiger partial charge in [-0.3, -0.25) is 4.79 Å². The number of aromatic nitrogens is 4. The highest BCUT2D eigenvalue weighted by molar-refractivity contribution is 7.16. The second-order valence-corrected chi connectivity index (χ2v) is 6.61. The molecule has 1 aliphatic heterocycles. The van der Waals surface area contributed by atoms with Gasteiger partial charge in [0.25, 0.3) is 0 Å². The predicted molar refractivity (Wildman–Crippen MR) is 89.6 cm³/mol. The van der Waals surface area contributed by atoms with Gasteiger partial charge in [0.2, 0.25) is 4.96 Å². The smallest absolute Gasteiger partial charge is 0.302 e. The Kier molecular flexibility index (Phi) is 3.55. The largest absolute Gasteiger partial charge is 0.398 e. The summed E-state index contributed by atoms with van der Waals surface area (Å²) in [4.78, 5) is 13.2. The molecule has 118 valence electrons. The van der Waals surface area contributed by atoms with Crippen LogP contribution in [0.1, 0.15) is 23.8 Å². The van der Waals surface area contributed by atoms with Crippen molar-refractivity contribution in [2.24, 2.45) is 0 Å². The molecule has 4 rings (SSSR count). The van der Waals surface area contributed by atoms with E-state index in [0.29, 0.717) is 22.1 Å². The van der Waals surface area contributed by atoms with Gasteiger partial charge in [-0.1, -0.05) is 29.5 Å². The number of rotatable bonds is 2. The topological polar surface area (TPSA) is 98.2 Å². The zero-order valence-electron chi connectivity index (χ0n) is 12.4. The monoisotopic (exact) mass is 328 g/mol. The Hall–Kier alpha value is -2.32. The molecule has 1 unspecified atom stereocenters. The third-order valence-electron chi connectivity index (χ3n) is 4.07. The lowest BCUT2D eigenvalue weighted by Gasteiger charge is -2.19. The number of piperidine rings is 1. The molecular weight excluding hydrogens is 312 g/mol. The van der Waals surface area contributed by atoms with Crippen LogP contribution in [0.2, 0.25) is 0 Å². The maximum absolute atomic E-state index is 12.7. The highest BCUT2D eigenvalue weighted by Crippen LogP contribution is 2.27. The summed E-state index contributed by atoms with van der Waals surface area (Å²) in [6, 6.07) is 7.15. The molecule has 0 amide bonds. The highest BCUT2D eigenvalue weighted by atomic mass is 32.1. The first-order valence-corrected chi connectivity index (χ1v) is 8.38. The third kappa shape index (κ3) is 2.49. The highest BCUT2D eigenvalue weighted by Gasteiger charge is 2.21. The molecule has 1 aliphatic rings. The lowest BCUT2D eigenvalue weighted by Crippen LogP contribution is -2.28. The molecule has 1 fully saturated rings. The Labute approximate surface area is 136 Å². The van der Waals surface area contributed by atoms with Gasteiger partial charge in [0.1, 0.15) is 5.01 Å². The fourth-order valence-corrected chi connectivity index (χ4v) is 3.81. The van der Waals surface area contributed by atoms with E-state index in [1.807, 2.05) is 12.1 Å². The van der Waals surface area contributed by atoms with E-state index in [1.54, 1.807) is 12.1 Å². The summed E-state index contributed by atoms with van der Waals surface area (Å²) in [7, 11) is 0. The van der Waals surface area contributed by atoms with Gasteiger partial charge in [0.15, 0.2) is 5.69 Å². The van der Waals surface area contributed by atoms with E-state index < -0.39 is 0 Å². The van der Waals surface area contributed by atoms with E-state index >= 15 is 0 Å². The number of para-hydroxylation sites is 1. The Balaban J connectivity index is 1.82. The summed E-state index contributed by atoms with van der Waals surface area (Å²) in [6.45, 7) is 1.93. The molecule has 1 saturated heterocycles. The van der Waals surface area contributed by atoms with Crippen molar-refractivity contribution >= 4 is 22.0 Å². The number of nitrogens with two attached hydrogens (primary N) is 1. The van der Waals surface area contributed by atoms with Gasteiger partial charge < -0.3 is 11.1 Å². The molecule has 8 heteroatoms. The van der Waals surface area contributed by atoms with Gasteiger partial charge >= 0.3 is 5.56 Å². The van der Waals surface area contributed by atoms with Crippen LogP contribution < -0.4 is 16.6 Å². The summed E-state index contributed by atoms with van der Waals surface area (Å²) >= 11 is 1.43. The minimum Gasteiger partial charge on any atom is -0.398 e. The first kappa shape index (κ1) is 14.3. The summed E-state index contributed by atoms with van der Waals surface area (Å²) in [5.41, 5.74) is 7.00. The molecule has 0 radical (unpaired) electrons. The Morgan fingerprint density at radius 3 is 2.96 bits per heavy atom. The average molecular weight is 328 g/mol. The van der Waals surface area contributed by atoms with Gasteiger partial charge in [-0.05, 0) is 25.5 Å². The third-order valence-corrected chi connectivity index (χ3v) is 5.13. The van der Waals surface area contributed by atoms with Gasteiger partial charge in [-0.2, -0.15) is 9.61 Å². The number of benzene rings is 1. The van der Waals surface area contributed by atoms with E-state index in [4.69, 9.17) is 5.73 Å². The molecule has 3 aromatic rings. The van der Waals surface area contributed by atoms with Crippen molar-refractivity contribution < 1.29 is 0 Å². The molecule has 0 bridgehead atoms. The molecule has 7 nitrogen and oxygen atoms in total. The average Bonchev–Trinajstić information content (AvgIpc) is 3.02. The molecule has 0 saturated carbocycles. The maximum atomic E-state index is 12.7. The van der Waals surface area contributed by atoms with E-state index in [0.717, 1.165) is 30.9 Å². The number of nitrogen functional groups attached to an aromatic ring is 1. The van der Waals surface area contributed by atoms with Crippen LogP contribution in [0.4, 0.5) is 5.69 Å². The van der Waals surface area contributed by atoms with E-state index in [9.17, 15) is 4.79 Å². The van der Waals surface area contributed by atoms with Crippen molar-refractivity contribution in [3.63, 3.8) is 0 Å². The van der Waals surface area contributed by atoms with E-state index in [2.05, 4.69) is 20.6 Å². The lowest BCUT2D eigenvalue weighted by atomic mass is 10.0. The zero-order chi connectivity index (χ0) is 15.8. The van der Waals surface area contributed by atoms with Crippen molar-refractivity contribution in [2.75, 3.05) is 18.8 Å². The number of nitrogens with one attached hydrogen (secondary N) is 1. The normalized spacial score (nSPS) is 18.3. The first-order valence-electron chi connectivity index (χ1n) is 7.56. The fourth-order valence-electron chi connectivity index (χ4n) is 2.84. The number of hydrogen-bond acceptors (Lipinski definition) is 7. The van der Waals surface area contributed by atoms with Gasteiger partial charge in [0.05, 0.1) is 0 Å². The molecule has 23 heavy (non-hydrogen) atoms. The van der Waals surface area contributed by atoms with Crippen LogP contribution in [0, 0.1) is 0 Å². The Morgan fingerprint density at radius 2 is 2.17 bits per heavy atom. The van der Waals surface area contributed by atoms with Gasteiger partial charge in [-0.25, -0.2) is 0 Å². The van der Waals surface area contributed by atoms with Crippen molar-refractivity contribution in [3.8, 4) is 11.3 Å². The summed E-state index contributed by atoms with van der Waals surface area (Å²) in [5.74, 6) is 0.333. The number of fused-ring (bicyclic) bond motifs is 1. The quantitative estimate of drug-likeness (QED) is 0.687. The predicted octanol–water partition coefficient (Wildman–Crippen LogP) is 1.26. The van der Waals surface area contributed by atoms with E-state index in [1.165, 1.54) is 15.9 Å². The Bertz CT molecular complexity index is 912. The SMILES string of the molecule is Nc1ccccc1-c1nnc2sc(C3CCCNC3)nn2c1=O. The van der Waals surface area contributed by atoms with Gasteiger partial charge in [-0.15, -0.1) is 10.2 Å². The molecule has 1 atom stereocenters. The molecule has 3 N–H and O–H groups in total. The van der Waals surface area contributed by atoms with Crippen LogP contribution in [0.3, 0.4) is 0 Å². The van der Waals surface area contributed by atoms with E-state index in [-0.39, 0.29) is 11.3 Å². The summed E-state index contributed by atoms with van der Waals surface area (Å²) in [5, 5.41) is 17.0. The summed E-state index contributed by atoms with van der Waals surface area (Å²) in [6.07, 6.45) is 2.19. The molecule has 2 aromatic heterocycles. The van der Waals surface area contributed by atoms with Crippen molar-refractivity contribution in [1.29, 1.82) is 0 Å². The number of anilines is 1. The fraction of sp³-hybridized carbons (Fsp3) is 0.333. The molecule has 0 aliphatic carbocycles. The van der Waals surface area contributed by atoms with Crippen LogP contribution in [0.25, 0.3) is 16.2 Å². The maximum Gasteiger partial charge on any atom is 0.302 e. The second kappa shape index (κ2) is 5.71. The molecular formula is C15H16N6OS. The van der Waals surface area contributed by atoms with Crippen LogP contribution in [-0.4, -0.2) is 32.9 Å². The standard InChI is InChI=1S/C15H16N6OS/c16-11-6-2-1-5-10(11)12-14(22)21-15(19-18-12)23-13(20-21)9-4-3-7-17-8-9/h1-2,5-6,9,17H,3-4,7-8,16H2. The van der Waals surface area contributed by atoms with Crippen molar-refractivity contribution in [3.05, 3.63) is 39.6 Å². The number of hydrogen-bond donors (Lipinski definition) is 2. The lowest BCUT2D eigenvalue weighted by molar-refractivity contribution is 0.457. The van der Waals surface area contributed by atoms with Crippen molar-refractivity contribution in [2.45, 2.75) is 18.8 Å². The molecule has 0 spiro atoms. The Morgan fingerprint density at radius 1 is 1.30 bits per heavy atom. The second-order valence-electron chi connectivity index (χ2n) is 5.62. The van der Waals surface area contributed by atoms with Crippen molar-refractivity contribution in [1.82, 2.24) is 25.1 Å². The minimum atomic E-state index is -0.279.